The third-order valence-electron chi connectivity index (χ3n) is 2.98. The van der Waals surface area contributed by atoms with E-state index < -0.39 is 22.3 Å². The lowest BCUT2D eigenvalue weighted by Gasteiger charge is -2.15. The Balaban J connectivity index is 2.33. The summed E-state index contributed by atoms with van der Waals surface area (Å²) in [5.41, 5.74) is 0.468. The lowest BCUT2D eigenvalue weighted by Crippen LogP contribution is -2.04. The molecule has 0 radical (unpaired) electrons. The molecular formula is C15H12BrF3O. The Morgan fingerprint density at radius 1 is 1.05 bits per heavy atom. The van der Waals surface area contributed by atoms with Crippen molar-refractivity contribution in [2.75, 3.05) is 7.11 Å². The van der Waals surface area contributed by atoms with Crippen LogP contribution in [0.5, 0.6) is 5.75 Å². The highest BCUT2D eigenvalue weighted by Gasteiger charge is 2.20. The Morgan fingerprint density at radius 3 is 2.40 bits per heavy atom. The van der Waals surface area contributed by atoms with Crippen molar-refractivity contribution < 1.29 is 17.9 Å². The van der Waals surface area contributed by atoms with Crippen molar-refractivity contribution in [2.45, 2.75) is 11.2 Å². The van der Waals surface area contributed by atoms with Crippen LogP contribution in [0.25, 0.3) is 0 Å². The van der Waals surface area contributed by atoms with Gasteiger partial charge in [0.15, 0.2) is 11.6 Å². The van der Waals surface area contributed by atoms with Crippen LogP contribution in [0.2, 0.25) is 0 Å². The summed E-state index contributed by atoms with van der Waals surface area (Å²) in [5, 5.41) is 0. The van der Waals surface area contributed by atoms with Crippen molar-refractivity contribution in [3.05, 3.63) is 65.0 Å². The molecule has 106 valence electrons. The summed E-state index contributed by atoms with van der Waals surface area (Å²) in [6.45, 7) is 0. The Bertz CT molecular complexity index is 616. The molecule has 0 aliphatic rings. The molecule has 1 nitrogen and oxygen atoms in total. The van der Waals surface area contributed by atoms with Gasteiger partial charge in [-0.05, 0) is 30.2 Å². The average molecular weight is 345 g/mol. The summed E-state index contributed by atoms with van der Waals surface area (Å²) in [6, 6.07) is 8.39. The van der Waals surface area contributed by atoms with Gasteiger partial charge in [0.1, 0.15) is 11.6 Å². The zero-order valence-electron chi connectivity index (χ0n) is 10.7. The number of hydrogen-bond donors (Lipinski definition) is 0. The van der Waals surface area contributed by atoms with Crippen molar-refractivity contribution in [3.63, 3.8) is 0 Å². The molecule has 1 atom stereocenters. The van der Waals surface area contributed by atoms with E-state index in [4.69, 9.17) is 4.74 Å². The topological polar surface area (TPSA) is 9.23 Å². The lowest BCUT2D eigenvalue weighted by atomic mass is 10.0. The maximum absolute atomic E-state index is 13.9. The second-order valence-electron chi connectivity index (χ2n) is 4.24. The quantitative estimate of drug-likeness (QED) is 0.724. The number of alkyl halides is 1. The van der Waals surface area contributed by atoms with Crippen molar-refractivity contribution in [1.29, 1.82) is 0 Å². The first-order chi connectivity index (χ1) is 9.54. The molecule has 0 aliphatic heterocycles. The minimum Gasteiger partial charge on any atom is -0.496 e. The smallest absolute Gasteiger partial charge is 0.162 e. The molecule has 0 amide bonds. The number of benzene rings is 2. The number of hydrogen-bond acceptors (Lipinski definition) is 1. The van der Waals surface area contributed by atoms with Crippen molar-refractivity contribution in [3.8, 4) is 5.75 Å². The van der Waals surface area contributed by atoms with Crippen molar-refractivity contribution >= 4 is 15.9 Å². The van der Waals surface area contributed by atoms with Crippen molar-refractivity contribution in [1.82, 2.24) is 0 Å². The highest BCUT2D eigenvalue weighted by atomic mass is 79.9. The summed E-state index contributed by atoms with van der Waals surface area (Å²) in [4.78, 5) is -0.519. The van der Waals surface area contributed by atoms with E-state index in [1.54, 1.807) is 6.07 Å². The van der Waals surface area contributed by atoms with Gasteiger partial charge in [0.05, 0.1) is 11.9 Å². The number of ether oxygens (including phenoxy) is 1. The van der Waals surface area contributed by atoms with E-state index in [1.807, 2.05) is 0 Å². The fourth-order valence-corrected chi connectivity index (χ4v) is 2.79. The minimum absolute atomic E-state index is 0.112. The number of methoxy groups -OCH3 is 1. The molecule has 2 rings (SSSR count). The van der Waals surface area contributed by atoms with E-state index in [9.17, 15) is 13.2 Å². The molecule has 0 aromatic heterocycles. The number of rotatable bonds is 4. The molecule has 5 heteroatoms. The van der Waals surface area contributed by atoms with E-state index in [2.05, 4.69) is 15.9 Å². The van der Waals surface area contributed by atoms with Gasteiger partial charge in [0.2, 0.25) is 0 Å². The maximum Gasteiger partial charge on any atom is 0.162 e. The van der Waals surface area contributed by atoms with Gasteiger partial charge in [-0.3, -0.25) is 0 Å². The van der Waals surface area contributed by atoms with Crippen LogP contribution in [0.15, 0.2) is 36.4 Å². The van der Waals surface area contributed by atoms with Gasteiger partial charge in [0, 0.05) is 5.56 Å². The molecule has 0 saturated heterocycles. The monoisotopic (exact) mass is 344 g/mol. The second-order valence-corrected chi connectivity index (χ2v) is 5.35. The molecule has 1 unspecified atom stereocenters. The minimum atomic E-state index is -0.914. The summed E-state index contributed by atoms with van der Waals surface area (Å²) in [5.74, 6) is -1.92. The van der Waals surface area contributed by atoms with Gasteiger partial charge in [0.25, 0.3) is 0 Å². The van der Waals surface area contributed by atoms with E-state index in [-0.39, 0.29) is 12.0 Å². The predicted octanol–water partition coefficient (Wildman–Crippen LogP) is 4.79. The molecule has 20 heavy (non-hydrogen) atoms. The Morgan fingerprint density at radius 2 is 1.70 bits per heavy atom. The van der Waals surface area contributed by atoms with Gasteiger partial charge < -0.3 is 4.74 Å². The molecule has 0 aliphatic carbocycles. The third-order valence-corrected chi connectivity index (χ3v) is 3.76. The second kappa shape index (κ2) is 6.31. The molecule has 0 saturated carbocycles. The van der Waals surface area contributed by atoms with Crippen LogP contribution < -0.4 is 4.74 Å². The first-order valence-electron chi connectivity index (χ1n) is 5.94. The van der Waals surface area contributed by atoms with Crippen LogP contribution in [-0.4, -0.2) is 7.11 Å². The number of halogens is 4. The summed E-state index contributed by atoms with van der Waals surface area (Å²) in [7, 11) is 1.43. The largest absolute Gasteiger partial charge is 0.496 e. The molecule has 0 spiro atoms. The zero-order chi connectivity index (χ0) is 14.7. The lowest BCUT2D eigenvalue weighted by molar-refractivity contribution is 0.404. The van der Waals surface area contributed by atoms with Crippen LogP contribution in [0, 0.1) is 17.5 Å². The summed E-state index contributed by atoms with van der Waals surface area (Å²) in [6.07, 6.45) is 0.112. The van der Waals surface area contributed by atoms with Gasteiger partial charge in [-0.2, -0.15) is 0 Å². The van der Waals surface area contributed by atoms with Crippen LogP contribution >= 0.6 is 15.9 Å². The SMILES string of the molecule is COc1cccc(F)c1C(Br)Cc1cccc(F)c1F. The highest BCUT2D eigenvalue weighted by molar-refractivity contribution is 9.09. The molecule has 0 bridgehead atoms. The standard InChI is InChI=1S/C15H12BrF3O/c1-20-13-7-3-5-11(17)14(13)10(16)8-9-4-2-6-12(18)15(9)19/h2-7,10H,8H2,1H3. The Kier molecular flexibility index (Phi) is 4.70. The van der Waals surface area contributed by atoms with Gasteiger partial charge >= 0.3 is 0 Å². The summed E-state index contributed by atoms with van der Waals surface area (Å²) >= 11 is 3.31. The molecular weight excluding hydrogens is 333 g/mol. The maximum atomic E-state index is 13.9. The van der Waals surface area contributed by atoms with Crippen molar-refractivity contribution in [2.24, 2.45) is 0 Å². The molecule has 0 fully saturated rings. The molecule has 0 N–H and O–H groups in total. The van der Waals surface area contributed by atoms with E-state index in [0.717, 1.165) is 6.07 Å². The first-order valence-corrected chi connectivity index (χ1v) is 6.85. The zero-order valence-corrected chi connectivity index (χ0v) is 12.3. The Hall–Kier alpha value is -1.49. The Labute approximate surface area is 123 Å². The fourth-order valence-electron chi connectivity index (χ4n) is 2.00. The van der Waals surface area contributed by atoms with Crippen LogP contribution in [0.4, 0.5) is 13.2 Å². The van der Waals surface area contributed by atoms with Gasteiger partial charge in [-0.25, -0.2) is 13.2 Å². The van der Waals surface area contributed by atoms with E-state index >= 15 is 0 Å². The highest BCUT2D eigenvalue weighted by Crippen LogP contribution is 2.36. The van der Waals surface area contributed by atoms with Gasteiger partial charge in [-0.1, -0.05) is 34.1 Å². The molecule has 0 heterocycles. The average Bonchev–Trinajstić information content (AvgIpc) is 2.43. The van der Waals surface area contributed by atoms with Gasteiger partial charge in [-0.15, -0.1) is 0 Å². The third kappa shape index (κ3) is 2.98. The fraction of sp³-hybridized carbons (Fsp3) is 0.200. The normalized spacial score (nSPS) is 12.2. The van der Waals surface area contributed by atoms with E-state index in [1.165, 1.54) is 31.4 Å². The summed E-state index contributed by atoms with van der Waals surface area (Å²) < 4.78 is 45.8. The van der Waals surface area contributed by atoms with Crippen LogP contribution in [-0.2, 0) is 6.42 Å². The van der Waals surface area contributed by atoms with Crippen LogP contribution in [0.3, 0.4) is 0 Å². The van der Waals surface area contributed by atoms with Crippen LogP contribution in [0.1, 0.15) is 16.0 Å². The first kappa shape index (κ1) is 14.9. The molecule has 2 aromatic rings. The predicted molar refractivity (Wildman–Crippen MR) is 74.7 cm³/mol. The molecule has 2 aromatic carbocycles. The van der Waals surface area contributed by atoms with E-state index in [0.29, 0.717) is 11.3 Å².